The molecule has 0 atom stereocenters. The molecule has 0 aliphatic heterocycles. The van der Waals surface area contributed by atoms with Crippen molar-refractivity contribution in [2.24, 2.45) is 0 Å². The van der Waals surface area contributed by atoms with Gasteiger partial charge in [-0.3, -0.25) is 4.79 Å². The predicted molar refractivity (Wildman–Crippen MR) is 183 cm³/mol. The first kappa shape index (κ1) is 33.9. The third-order valence-electron chi connectivity index (χ3n) is 9.04. The van der Waals surface area contributed by atoms with E-state index in [1.807, 2.05) is 51.1 Å². The van der Waals surface area contributed by atoms with Crippen molar-refractivity contribution in [3.63, 3.8) is 0 Å². The van der Waals surface area contributed by atoms with Crippen molar-refractivity contribution >= 4 is 27.6 Å². The molecule has 1 aliphatic rings. The second-order valence-electron chi connectivity index (χ2n) is 12.6. The fourth-order valence-corrected chi connectivity index (χ4v) is 7.56. The average molecular weight is 655 g/mol. The number of carboxylic acid groups (broad SMARTS) is 1. The number of phenols is 1. The van der Waals surface area contributed by atoms with Crippen LogP contribution in [0.25, 0.3) is 0 Å². The molecule has 1 saturated carbocycles. The Balaban J connectivity index is 1.51. The van der Waals surface area contributed by atoms with Crippen LogP contribution in [0.1, 0.15) is 81.8 Å². The number of aromatic hydroxyl groups is 1. The Labute approximate surface area is 277 Å². The van der Waals surface area contributed by atoms with Crippen LogP contribution in [-0.4, -0.2) is 41.4 Å². The van der Waals surface area contributed by atoms with Gasteiger partial charge in [-0.2, -0.15) is 4.31 Å². The van der Waals surface area contributed by atoms with Gasteiger partial charge in [0.2, 0.25) is 15.9 Å². The lowest BCUT2D eigenvalue weighted by atomic mass is 9.84. The summed E-state index contributed by atoms with van der Waals surface area (Å²) in [6, 6.07) is 24.4. The predicted octanol–water partition coefficient (Wildman–Crippen LogP) is 7.49. The zero-order chi connectivity index (χ0) is 33.7. The first-order valence-corrected chi connectivity index (χ1v) is 17.4. The topological polar surface area (TPSA) is 115 Å². The lowest BCUT2D eigenvalue weighted by Crippen LogP contribution is -2.42. The van der Waals surface area contributed by atoms with Crippen LogP contribution in [0.2, 0.25) is 0 Å². The van der Waals surface area contributed by atoms with Crippen molar-refractivity contribution in [1.29, 1.82) is 0 Å². The molecule has 1 fully saturated rings. The molecular weight excluding hydrogens is 612 g/mol. The number of aromatic carboxylic acids is 1. The largest absolute Gasteiger partial charge is 0.507 e. The van der Waals surface area contributed by atoms with Crippen molar-refractivity contribution in [2.45, 2.75) is 76.8 Å². The fraction of sp³-hybridized carbons (Fsp3) is 0.316. The molecule has 0 unspecified atom stereocenters. The zero-order valence-electron chi connectivity index (χ0n) is 27.1. The molecule has 0 heterocycles. The number of carbonyl (C=O) groups excluding carboxylic acids is 1. The Morgan fingerprint density at radius 3 is 2.09 bits per heavy atom. The lowest BCUT2D eigenvalue weighted by Gasteiger charge is -2.28. The quantitative estimate of drug-likeness (QED) is 0.173. The molecule has 8 nitrogen and oxygen atoms in total. The van der Waals surface area contributed by atoms with Crippen LogP contribution in [0.15, 0.2) is 89.8 Å². The SMILES string of the molecule is Cc1ccc(S(=O)(=O)N(CC(=O)N(Cc2ccc(C3CCCCC3)cc2)c2ccc(C(=O)O)c(O)c2)Cc2cc(C)ccc2C)cc1. The minimum Gasteiger partial charge on any atom is -0.507 e. The lowest BCUT2D eigenvalue weighted by molar-refractivity contribution is -0.119. The van der Waals surface area contributed by atoms with E-state index in [1.165, 1.54) is 52.2 Å². The summed E-state index contributed by atoms with van der Waals surface area (Å²) in [6.45, 7) is 5.30. The Morgan fingerprint density at radius 2 is 1.45 bits per heavy atom. The molecule has 4 aromatic carbocycles. The minimum atomic E-state index is -4.11. The van der Waals surface area contributed by atoms with E-state index in [0.29, 0.717) is 5.92 Å². The fourth-order valence-electron chi connectivity index (χ4n) is 6.19. The normalized spacial score (nSPS) is 13.9. The highest BCUT2D eigenvalue weighted by atomic mass is 32.2. The molecule has 0 aromatic heterocycles. The summed E-state index contributed by atoms with van der Waals surface area (Å²) in [5.41, 5.74) is 5.60. The van der Waals surface area contributed by atoms with Gasteiger partial charge in [0.05, 0.1) is 18.0 Å². The minimum absolute atomic E-state index is 0.0252. The Kier molecular flexibility index (Phi) is 10.5. The van der Waals surface area contributed by atoms with Gasteiger partial charge in [-0.25, -0.2) is 13.2 Å². The van der Waals surface area contributed by atoms with Gasteiger partial charge in [0.25, 0.3) is 0 Å². The summed E-state index contributed by atoms with van der Waals surface area (Å²) in [5, 5.41) is 20.0. The van der Waals surface area contributed by atoms with Gasteiger partial charge in [-0.05, 0) is 86.1 Å². The van der Waals surface area contributed by atoms with Crippen LogP contribution in [0.3, 0.4) is 0 Å². The van der Waals surface area contributed by atoms with Gasteiger partial charge in [-0.1, -0.05) is 85.0 Å². The second-order valence-corrected chi connectivity index (χ2v) is 14.5. The molecule has 0 saturated heterocycles. The summed E-state index contributed by atoms with van der Waals surface area (Å²) in [7, 11) is -4.11. The smallest absolute Gasteiger partial charge is 0.339 e. The number of amides is 1. The Bertz CT molecular complexity index is 1850. The molecule has 47 heavy (non-hydrogen) atoms. The van der Waals surface area contributed by atoms with E-state index in [0.717, 1.165) is 40.7 Å². The molecule has 246 valence electrons. The molecule has 2 N–H and O–H groups in total. The molecule has 1 aliphatic carbocycles. The average Bonchev–Trinajstić information content (AvgIpc) is 3.05. The number of aryl methyl sites for hydroxylation is 3. The number of hydrogen-bond acceptors (Lipinski definition) is 5. The van der Waals surface area contributed by atoms with Gasteiger partial charge >= 0.3 is 5.97 Å². The molecular formula is C38H42N2O6S. The summed E-state index contributed by atoms with van der Waals surface area (Å²) >= 11 is 0. The van der Waals surface area contributed by atoms with E-state index in [2.05, 4.69) is 12.1 Å². The molecule has 0 spiro atoms. The van der Waals surface area contributed by atoms with Crippen molar-refractivity contribution in [1.82, 2.24) is 4.31 Å². The zero-order valence-corrected chi connectivity index (χ0v) is 28.0. The first-order valence-electron chi connectivity index (χ1n) is 16.0. The monoisotopic (exact) mass is 654 g/mol. The van der Waals surface area contributed by atoms with E-state index < -0.39 is 34.2 Å². The Hall–Kier alpha value is -4.47. The van der Waals surface area contributed by atoms with Crippen molar-refractivity contribution < 1.29 is 28.2 Å². The maximum Gasteiger partial charge on any atom is 0.339 e. The number of sulfonamides is 1. The maximum atomic E-state index is 14.3. The third-order valence-corrected chi connectivity index (χ3v) is 10.8. The van der Waals surface area contributed by atoms with Crippen LogP contribution in [0, 0.1) is 20.8 Å². The Morgan fingerprint density at radius 1 is 0.787 bits per heavy atom. The summed E-state index contributed by atoms with van der Waals surface area (Å²) in [6.07, 6.45) is 6.01. The molecule has 5 rings (SSSR count). The van der Waals surface area contributed by atoms with Crippen molar-refractivity contribution in [2.75, 3.05) is 11.4 Å². The molecule has 1 amide bonds. The van der Waals surface area contributed by atoms with Crippen molar-refractivity contribution in [3.05, 3.63) is 124 Å². The van der Waals surface area contributed by atoms with E-state index in [4.69, 9.17) is 0 Å². The summed E-state index contributed by atoms with van der Waals surface area (Å²) in [5.74, 6) is -1.79. The highest BCUT2D eigenvalue weighted by Gasteiger charge is 2.30. The first-order chi connectivity index (χ1) is 22.4. The molecule has 9 heteroatoms. The number of carbonyl (C=O) groups is 2. The highest BCUT2D eigenvalue weighted by molar-refractivity contribution is 7.89. The van der Waals surface area contributed by atoms with Crippen LogP contribution < -0.4 is 4.90 Å². The summed E-state index contributed by atoms with van der Waals surface area (Å²) < 4.78 is 29.4. The van der Waals surface area contributed by atoms with Crippen LogP contribution >= 0.6 is 0 Å². The molecule has 0 bridgehead atoms. The van der Waals surface area contributed by atoms with Gasteiger partial charge in [0.1, 0.15) is 11.3 Å². The number of nitrogens with zero attached hydrogens (tertiary/aromatic N) is 2. The van der Waals surface area contributed by atoms with Crippen LogP contribution in [0.4, 0.5) is 5.69 Å². The number of hydrogen-bond donors (Lipinski definition) is 2. The number of carboxylic acids is 1. The van der Waals surface area contributed by atoms with Crippen LogP contribution in [0.5, 0.6) is 5.75 Å². The van der Waals surface area contributed by atoms with E-state index >= 15 is 0 Å². The van der Waals surface area contributed by atoms with E-state index in [1.54, 1.807) is 24.3 Å². The van der Waals surface area contributed by atoms with Gasteiger partial charge in [0.15, 0.2) is 0 Å². The number of anilines is 1. The highest BCUT2D eigenvalue weighted by Crippen LogP contribution is 2.33. The van der Waals surface area contributed by atoms with E-state index in [9.17, 15) is 28.2 Å². The number of rotatable bonds is 11. The van der Waals surface area contributed by atoms with Gasteiger partial charge < -0.3 is 15.1 Å². The summed E-state index contributed by atoms with van der Waals surface area (Å²) in [4.78, 5) is 27.4. The van der Waals surface area contributed by atoms with Gasteiger partial charge in [-0.15, -0.1) is 0 Å². The number of benzene rings is 4. The van der Waals surface area contributed by atoms with Crippen LogP contribution in [-0.2, 0) is 27.9 Å². The second kappa shape index (κ2) is 14.5. The van der Waals surface area contributed by atoms with E-state index in [-0.39, 0.29) is 29.2 Å². The molecule has 0 radical (unpaired) electrons. The van der Waals surface area contributed by atoms with Gasteiger partial charge in [0, 0.05) is 18.3 Å². The maximum absolute atomic E-state index is 14.3. The van der Waals surface area contributed by atoms with Crippen molar-refractivity contribution in [3.8, 4) is 5.75 Å². The standard InChI is InChI=1S/C38H42N2O6S/c1-26-10-18-34(19-11-26)47(45,46)39(24-32-21-27(2)9-12-28(32)3)25-37(42)40(33-17-20-35(38(43)44)36(41)22-33)23-29-13-15-31(16-14-29)30-7-5-4-6-8-30/h9-22,30,41H,4-8,23-25H2,1-3H3,(H,43,44). The third kappa shape index (κ3) is 8.10. The molecule has 4 aromatic rings.